The lowest BCUT2D eigenvalue weighted by atomic mass is 9.99. The van der Waals surface area contributed by atoms with Crippen LogP contribution >= 0.6 is 11.8 Å². The molecule has 0 radical (unpaired) electrons. The van der Waals surface area contributed by atoms with E-state index < -0.39 is 6.36 Å². The van der Waals surface area contributed by atoms with Gasteiger partial charge in [0.25, 0.3) is 0 Å². The minimum Gasteiger partial charge on any atom is -0.405 e. The second-order valence-corrected chi connectivity index (χ2v) is 6.83. The number of thioether (sulfide) groups is 1. The van der Waals surface area contributed by atoms with E-state index in [9.17, 15) is 13.2 Å². The molecule has 1 fully saturated rings. The number of benzene rings is 1. The third-order valence-corrected chi connectivity index (χ3v) is 5.15. The lowest BCUT2D eigenvalue weighted by Crippen LogP contribution is -2.29. The Bertz CT molecular complexity index is 714. The number of hydrogen-bond donors (Lipinski definition) is 1. The van der Waals surface area contributed by atoms with Crippen LogP contribution in [-0.2, 0) is 12.8 Å². The molecule has 5 nitrogen and oxygen atoms in total. The normalized spacial score (nSPS) is 18.3. The Kier molecular flexibility index (Phi) is 5.53. The summed E-state index contributed by atoms with van der Waals surface area (Å²) in [5.41, 5.74) is 0.466. The van der Waals surface area contributed by atoms with Gasteiger partial charge in [-0.15, -0.1) is 23.4 Å². The van der Waals surface area contributed by atoms with Crippen molar-refractivity contribution in [1.29, 1.82) is 0 Å². The summed E-state index contributed by atoms with van der Waals surface area (Å²) < 4.78 is 43.5. The topological polar surface area (TPSA) is 52.0 Å². The molecule has 1 aliphatic heterocycles. The average molecular weight is 372 g/mol. The number of rotatable bonds is 5. The third-order valence-electron chi connectivity index (χ3n) is 4.09. The van der Waals surface area contributed by atoms with Gasteiger partial charge in [0, 0.05) is 30.8 Å². The van der Waals surface area contributed by atoms with Crippen LogP contribution in [0.4, 0.5) is 13.2 Å². The zero-order chi connectivity index (χ0) is 17.9. The smallest absolute Gasteiger partial charge is 0.405 e. The van der Waals surface area contributed by atoms with Crippen molar-refractivity contribution >= 4 is 11.8 Å². The van der Waals surface area contributed by atoms with Crippen LogP contribution in [0.3, 0.4) is 0 Å². The highest BCUT2D eigenvalue weighted by molar-refractivity contribution is 7.98. The largest absolute Gasteiger partial charge is 0.573 e. The molecule has 136 valence electrons. The van der Waals surface area contributed by atoms with Crippen LogP contribution in [0.25, 0.3) is 0 Å². The highest BCUT2D eigenvalue weighted by Crippen LogP contribution is 2.31. The molecule has 0 unspecified atom stereocenters. The maximum absolute atomic E-state index is 12.5. The Morgan fingerprint density at radius 1 is 1.32 bits per heavy atom. The van der Waals surface area contributed by atoms with Crippen molar-refractivity contribution in [3.8, 4) is 5.75 Å². The van der Waals surface area contributed by atoms with Gasteiger partial charge in [0.1, 0.15) is 11.6 Å². The van der Waals surface area contributed by atoms with Gasteiger partial charge in [-0.1, -0.05) is 30.0 Å². The minimum absolute atomic E-state index is 0.179. The standard InChI is InChI=1S/C16H19F3N4OS/c1-23-14(11-6-4-8-20-9-11)21-22-15(23)25-10-12-5-2-3-7-13(12)24-16(17,18)19/h2-3,5,7,11,20H,4,6,8-10H2,1H3/t11-/m1/s1. The van der Waals surface area contributed by atoms with E-state index in [0.29, 0.717) is 22.4 Å². The first-order valence-electron chi connectivity index (χ1n) is 8.00. The Labute approximate surface area is 148 Å². The fourth-order valence-electron chi connectivity index (χ4n) is 2.87. The van der Waals surface area contributed by atoms with Gasteiger partial charge in [-0.05, 0) is 25.5 Å². The fourth-order valence-corrected chi connectivity index (χ4v) is 3.78. The minimum atomic E-state index is -4.70. The van der Waals surface area contributed by atoms with Crippen molar-refractivity contribution in [2.75, 3.05) is 13.1 Å². The van der Waals surface area contributed by atoms with Crippen LogP contribution in [0, 0.1) is 0 Å². The molecule has 0 amide bonds. The second kappa shape index (κ2) is 7.65. The molecule has 1 aromatic carbocycles. The van der Waals surface area contributed by atoms with Gasteiger partial charge >= 0.3 is 6.36 Å². The molecule has 1 N–H and O–H groups in total. The quantitative estimate of drug-likeness (QED) is 0.815. The van der Waals surface area contributed by atoms with Crippen molar-refractivity contribution < 1.29 is 17.9 Å². The van der Waals surface area contributed by atoms with Crippen LogP contribution in [-0.4, -0.2) is 34.2 Å². The predicted molar refractivity (Wildman–Crippen MR) is 88.5 cm³/mol. The van der Waals surface area contributed by atoms with E-state index in [2.05, 4.69) is 20.3 Å². The molecule has 1 aromatic heterocycles. The van der Waals surface area contributed by atoms with Crippen molar-refractivity contribution in [3.63, 3.8) is 0 Å². The number of para-hydroxylation sites is 1. The maximum atomic E-state index is 12.5. The molecule has 0 saturated carbocycles. The van der Waals surface area contributed by atoms with Gasteiger partial charge in [0.2, 0.25) is 0 Å². The Hall–Kier alpha value is -1.74. The zero-order valence-electron chi connectivity index (χ0n) is 13.7. The SMILES string of the molecule is Cn1c(SCc2ccccc2OC(F)(F)F)nnc1[C@@H]1CCCNC1. The molecular weight excluding hydrogens is 353 g/mol. The summed E-state index contributed by atoms with van der Waals surface area (Å²) in [6, 6.07) is 6.15. The van der Waals surface area contributed by atoms with E-state index in [4.69, 9.17) is 0 Å². The lowest BCUT2D eigenvalue weighted by Gasteiger charge is -2.21. The number of aromatic nitrogens is 3. The van der Waals surface area contributed by atoms with Gasteiger partial charge in [-0.25, -0.2) is 0 Å². The fraction of sp³-hybridized carbons (Fsp3) is 0.500. The molecular formula is C16H19F3N4OS. The molecule has 3 rings (SSSR count). The van der Waals surface area contributed by atoms with Gasteiger partial charge in [-0.2, -0.15) is 0 Å². The highest BCUT2D eigenvalue weighted by Gasteiger charge is 2.32. The number of alkyl halides is 3. The molecule has 1 saturated heterocycles. The Balaban J connectivity index is 1.69. The zero-order valence-corrected chi connectivity index (χ0v) is 14.5. The van der Waals surface area contributed by atoms with E-state index in [1.807, 2.05) is 11.6 Å². The summed E-state index contributed by atoms with van der Waals surface area (Å²) in [7, 11) is 1.89. The van der Waals surface area contributed by atoms with Gasteiger partial charge in [-0.3, -0.25) is 0 Å². The number of hydrogen-bond acceptors (Lipinski definition) is 5. The molecule has 0 bridgehead atoms. The first-order valence-corrected chi connectivity index (χ1v) is 8.99. The number of piperidine rings is 1. The first kappa shape index (κ1) is 18.1. The Morgan fingerprint density at radius 2 is 2.12 bits per heavy atom. The van der Waals surface area contributed by atoms with E-state index in [1.54, 1.807) is 12.1 Å². The van der Waals surface area contributed by atoms with Crippen molar-refractivity contribution in [1.82, 2.24) is 20.1 Å². The summed E-state index contributed by atoms with van der Waals surface area (Å²) in [5, 5.41) is 12.5. The first-order chi connectivity index (χ1) is 11.9. The van der Waals surface area contributed by atoms with E-state index in [-0.39, 0.29) is 5.75 Å². The highest BCUT2D eigenvalue weighted by atomic mass is 32.2. The van der Waals surface area contributed by atoms with Crippen molar-refractivity contribution in [2.24, 2.45) is 7.05 Å². The molecule has 2 heterocycles. The van der Waals surface area contributed by atoms with Crippen LogP contribution in [0.5, 0.6) is 5.75 Å². The molecule has 1 atom stereocenters. The summed E-state index contributed by atoms with van der Waals surface area (Å²) in [5.74, 6) is 1.37. The van der Waals surface area contributed by atoms with Gasteiger partial charge in [0.05, 0.1) is 0 Å². The summed E-state index contributed by atoms with van der Waals surface area (Å²) >= 11 is 1.35. The van der Waals surface area contributed by atoms with E-state index in [1.165, 1.54) is 23.9 Å². The summed E-state index contributed by atoms with van der Waals surface area (Å²) in [6.45, 7) is 1.89. The van der Waals surface area contributed by atoms with Crippen LogP contribution in [0.15, 0.2) is 29.4 Å². The van der Waals surface area contributed by atoms with Gasteiger partial charge < -0.3 is 14.6 Å². The average Bonchev–Trinajstić information content (AvgIpc) is 2.94. The number of nitrogens with one attached hydrogen (secondary N) is 1. The molecule has 0 spiro atoms. The molecule has 0 aliphatic carbocycles. The van der Waals surface area contributed by atoms with Crippen molar-refractivity contribution in [2.45, 2.75) is 36.0 Å². The molecule has 9 heteroatoms. The van der Waals surface area contributed by atoms with E-state index >= 15 is 0 Å². The van der Waals surface area contributed by atoms with Gasteiger partial charge in [0.15, 0.2) is 5.16 Å². The Morgan fingerprint density at radius 3 is 2.84 bits per heavy atom. The third kappa shape index (κ3) is 4.66. The number of ether oxygens (including phenoxy) is 1. The van der Waals surface area contributed by atoms with E-state index in [0.717, 1.165) is 31.8 Å². The molecule has 1 aliphatic rings. The second-order valence-electron chi connectivity index (χ2n) is 5.89. The van der Waals surface area contributed by atoms with Crippen molar-refractivity contribution in [3.05, 3.63) is 35.7 Å². The van der Waals surface area contributed by atoms with Crippen LogP contribution in [0.2, 0.25) is 0 Å². The predicted octanol–water partition coefficient (Wildman–Crippen LogP) is 3.47. The summed E-state index contributed by atoms with van der Waals surface area (Å²) in [4.78, 5) is 0. The number of nitrogens with zero attached hydrogens (tertiary/aromatic N) is 3. The number of halogens is 3. The van der Waals surface area contributed by atoms with Crippen LogP contribution < -0.4 is 10.1 Å². The lowest BCUT2D eigenvalue weighted by molar-refractivity contribution is -0.274. The molecule has 2 aromatic rings. The monoisotopic (exact) mass is 372 g/mol. The summed E-state index contributed by atoms with van der Waals surface area (Å²) in [6.07, 6.45) is -2.54. The van der Waals surface area contributed by atoms with Crippen LogP contribution in [0.1, 0.15) is 30.1 Å². The molecule has 25 heavy (non-hydrogen) atoms. The maximum Gasteiger partial charge on any atom is 0.573 e.